The Morgan fingerprint density at radius 3 is 2.14 bits per heavy atom. The van der Waals surface area contributed by atoms with Gasteiger partial charge in [0.2, 0.25) is 0 Å². The fourth-order valence-corrected chi connectivity index (χ4v) is 3.95. The smallest absolute Gasteiger partial charge is 0.157 e. The molecule has 28 heavy (non-hydrogen) atoms. The third-order valence-corrected chi connectivity index (χ3v) is 5.38. The van der Waals surface area contributed by atoms with Crippen LogP contribution in [-0.4, -0.2) is 5.16 Å². The summed E-state index contributed by atoms with van der Waals surface area (Å²) in [4.78, 5) is 2.29. The van der Waals surface area contributed by atoms with E-state index in [2.05, 4.69) is 86.7 Å². The molecule has 0 unspecified atom stereocenters. The molecule has 0 aliphatic carbocycles. The maximum atomic E-state index is 5.71. The Morgan fingerprint density at radius 2 is 1.46 bits per heavy atom. The molecule has 0 saturated carbocycles. The summed E-state index contributed by atoms with van der Waals surface area (Å²) in [6.07, 6.45) is 4.34. The molecule has 3 aromatic carbocycles. The summed E-state index contributed by atoms with van der Waals surface area (Å²) in [5.74, 6) is 0.821. The lowest BCUT2D eigenvalue weighted by molar-refractivity contribution is 0.386. The lowest BCUT2D eigenvalue weighted by atomic mass is 10.1. The van der Waals surface area contributed by atoms with Crippen LogP contribution in [0.5, 0.6) is 0 Å². The maximum absolute atomic E-state index is 5.71. The molecule has 1 aliphatic rings. The first-order valence-electron chi connectivity index (χ1n) is 9.13. The molecule has 1 aromatic heterocycles. The van der Waals surface area contributed by atoms with Crippen molar-refractivity contribution in [1.29, 1.82) is 0 Å². The average molecular weight is 429 g/mol. The standard InChI is InChI=1S/C24H17BrN2O/c25-20-9-5-8-19(14-20)22-15-21(28-26-22)16-27-23-10-3-1-6-17(23)12-13-18-7-2-4-11-24(18)27/h1-15H,16H2. The van der Waals surface area contributed by atoms with Gasteiger partial charge in [-0.05, 0) is 35.4 Å². The highest BCUT2D eigenvalue weighted by Crippen LogP contribution is 2.37. The summed E-state index contributed by atoms with van der Waals surface area (Å²) in [7, 11) is 0. The van der Waals surface area contributed by atoms with Gasteiger partial charge in [-0.2, -0.15) is 0 Å². The quantitative estimate of drug-likeness (QED) is 0.354. The molecule has 0 radical (unpaired) electrons. The van der Waals surface area contributed by atoms with E-state index in [9.17, 15) is 0 Å². The number of para-hydroxylation sites is 2. The zero-order chi connectivity index (χ0) is 18.9. The highest BCUT2D eigenvalue weighted by atomic mass is 79.9. The van der Waals surface area contributed by atoms with Gasteiger partial charge in [0.1, 0.15) is 5.69 Å². The minimum absolute atomic E-state index is 0.608. The number of aromatic nitrogens is 1. The third kappa shape index (κ3) is 3.16. The number of fused-ring (bicyclic) bond motifs is 2. The Labute approximate surface area is 172 Å². The molecule has 1 aliphatic heterocycles. The zero-order valence-electron chi connectivity index (χ0n) is 15.0. The van der Waals surface area contributed by atoms with Crippen LogP contribution < -0.4 is 4.90 Å². The van der Waals surface area contributed by atoms with Crippen molar-refractivity contribution >= 4 is 39.5 Å². The highest BCUT2D eigenvalue weighted by Gasteiger charge is 2.20. The molecule has 4 heteroatoms. The molecule has 5 rings (SSSR count). The largest absolute Gasteiger partial charge is 0.359 e. The molecule has 0 atom stereocenters. The Kier molecular flexibility index (Phi) is 4.34. The summed E-state index contributed by atoms with van der Waals surface area (Å²) < 4.78 is 6.73. The van der Waals surface area contributed by atoms with Gasteiger partial charge in [-0.25, -0.2) is 0 Å². The van der Waals surface area contributed by atoms with E-state index >= 15 is 0 Å². The Hall–Kier alpha value is -3.11. The zero-order valence-corrected chi connectivity index (χ0v) is 16.6. The summed E-state index contributed by atoms with van der Waals surface area (Å²) >= 11 is 3.52. The van der Waals surface area contributed by atoms with E-state index < -0.39 is 0 Å². The van der Waals surface area contributed by atoms with E-state index in [1.54, 1.807) is 0 Å². The van der Waals surface area contributed by atoms with E-state index in [-0.39, 0.29) is 0 Å². The van der Waals surface area contributed by atoms with Crippen molar-refractivity contribution in [3.63, 3.8) is 0 Å². The number of anilines is 2. The minimum Gasteiger partial charge on any atom is -0.359 e. The molecular formula is C24H17BrN2O. The van der Waals surface area contributed by atoms with Crippen LogP contribution in [0, 0.1) is 0 Å². The first kappa shape index (κ1) is 17.0. The van der Waals surface area contributed by atoms with Crippen LogP contribution in [-0.2, 0) is 6.54 Å². The number of benzene rings is 3. The van der Waals surface area contributed by atoms with Crippen LogP contribution in [0.3, 0.4) is 0 Å². The first-order valence-corrected chi connectivity index (χ1v) is 9.92. The van der Waals surface area contributed by atoms with Gasteiger partial charge in [0, 0.05) is 27.5 Å². The van der Waals surface area contributed by atoms with Crippen molar-refractivity contribution in [2.45, 2.75) is 6.54 Å². The second-order valence-corrected chi connectivity index (χ2v) is 7.64. The van der Waals surface area contributed by atoms with Crippen molar-refractivity contribution in [1.82, 2.24) is 5.16 Å². The Balaban J connectivity index is 1.54. The van der Waals surface area contributed by atoms with E-state index in [0.29, 0.717) is 6.54 Å². The summed E-state index contributed by atoms with van der Waals surface area (Å²) in [6.45, 7) is 0.608. The van der Waals surface area contributed by atoms with Gasteiger partial charge < -0.3 is 9.42 Å². The third-order valence-electron chi connectivity index (χ3n) is 4.89. The predicted octanol–water partition coefficient (Wildman–Crippen LogP) is 6.93. The monoisotopic (exact) mass is 428 g/mol. The molecule has 0 bridgehead atoms. The molecule has 4 aromatic rings. The van der Waals surface area contributed by atoms with Gasteiger partial charge in [-0.3, -0.25) is 0 Å². The highest BCUT2D eigenvalue weighted by molar-refractivity contribution is 9.10. The van der Waals surface area contributed by atoms with Crippen LogP contribution in [0.15, 0.2) is 87.9 Å². The number of hydrogen-bond acceptors (Lipinski definition) is 3. The van der Waals surface area contributed by atoms with Crippen molar-refractivity contribution < 1.29 is 4.52 Å². The van der Waals surface area contributed by atoms with E-state index in [0.717, 1.165) is 32.9 Å². The van der Waals surface area contributed by atoms with E-state index in [1.165, 1.54) is 11.1 Å². The van der Waals surface area contributed by atoms with Gasteiger partial charge in [0.15, 0.2) is 5.76 Å². The van der Waals surface area contributed by atoms with E-state index in [1.807, 2.05) is 30.3 Å². The number of nitrogens with zero attached hydrogens (tertiary/aromatic N) is 2. The Morgan fingerprint density at radius 1 is 0.786 bits per heavy atom. The van der Waals surface area contributed by atoms with Crippen molar-refractivity contribution in [3.8, 4) is 11.3 Å². The molecule has 0 N–H and O–H groups in total. The van der Waals surface area contributed by atoms with Gasteiger partial charge in [0.05, 0.1) is 6.54 Å². The van der Waals surface area contributed by atoms with Crippen LogP contribution in [0.25, 0.3) is 23.4 Å². The summed E-state index contributed by atoms with van der Waals surface area (Å²) in [6, 6.07) is 26.9. The van der Waals surface area contributed by atoms with Crippen molar-refractivity contribution in [2.75, 3.05) is 4.90 Å². The molecule has 0 saturated heterocycles. The Bertz CT molecular complexity index is 1130. The summed E-state index contributed by atoms with van der Waals surface area (Å²) in [5.41, 5.74) is 6.55. The van der Waals surface area contributed by atoms with Gasteiger partial charge >= 0.3 is 0 Å². The molecule has 136 valence electrons. The first-order chi connectivity index (χ1) is 13.8. The molecule has 3 nitrogen and oxygen atoms in total. The summed E-state index contributed by atoms with van der Waals surface area (Å²) in [5, 5.41) is 4.29. The number of halogens is 1. The SMILES string of the molecule is Brc1cccc(-c2cc(CN3c4ccccc4C=Cc4ccccc43)on2)c1. The van der Waals surface area contributed by atoms with Crippen LogP contribution >= 0.6 is 15.9 Å². The van der Waals surface area contributed by atoms with Gasteiger partial charge in [-0.15, -0.1) is 0 Å². The average Bonchev–Trinajstić information content (AvgIpc) is 3.14. The minimum atomic E-state index is 0.608. The van der Waals surface area contributed by atoms with Crippen molar-refractivity contribution in [3.05, 3.63) is 100 Å². The normalized spacial score (nSPS) is 12.4. The van der Waals surface area contributed by atoms with Gasteiger partial charge in [-0.1, -0.05) is 81.8 Å². The molecule has 0 spiro atoms. The van der Waals surface area contributed by atoms with Crippen molar-refractivity contribution in [2.24, 2.45) is 0 Å². The molecular weight excluding hydrogens is 412 g/mol. The van der Waals surface area contributed by atoms with E-state index in [4.69, 9.17) is 4.52 Å². The molecule has 0 fully saturated rings. The fraction of sp³-hybridized carbons (Fsp3) is 0.0417. The second-order valence-electron chi connectivity index (χ2n) is 6.73. The lowest BCUT2D eigenvalue weighted by Crippen LogP contribution is -2.17. The number of hydrogen-bond donors (Lipinski definition) is 0. The fourth-order valence-electron chi connectivity index (χ4n) is 3.56. The van der Waals surface area contributed by atoms with Crippen LogP contribution in [0.4, 0.5) is 11.4 Å². The lowest BCUT2D eigenvalue weighted by Gasteiger charge is -2.25. The number of rotatable bonds is 3. The molecule has 0 amide bonds. The predicted molar refractivity (Wildman–Crippen MR) is 117 cm³/mol. The van der Waals surface area contributed by atoms with Gasteiger partial charge in [0.25, 0.3) is 0 Å². The second kappa shape index (κ2) is 7.13. The molecule has 2 heterocycles. The van der Waals surface area contributed by atoms with Crippen LogP contribution in [0.1, 0.15) is 16.9 Å². The van der Waals surface area contributed by atoms with Crippen LogP contribution in [0.2, 0.25) is 0 Å². The maximum Gasteiger partial charge on any atom is 0.157 e. The topological polar surface area (TPSA) is 29.3 Å².